The van der Waals surface area contributed by atoms with Crippen LogP contribution in [-0.4, -0.2) is 31.7 Å². The number of amides is 1. The molecule has 1 fully saturated rings. The topological polar surface area (TPSA) is 69.7 Å². The van der Waals surface area contributed by atoms with E-state index in [-0.39, 0.29) is 5.91 Å². The summed E-state index contributed by atoms with van der Waals surface area (Å²) in [6, 6.07) is 8.51. The van der Waals surface area contributed by atoms with E-state index in [1.165, 1.54) is 12.8 Å². The molecule has 1 saturated carbocycles. The van der Waals surface area contributed by atoms with E-state index >= 15 is 0 Å². The van der Waals surface area contributed by atoms with Gasteiger partial charge in [0, 0.05) is 29.6 Å². The molecule has 0 radical (unpaired) electrons. The number of aromatic nitrogens is 1. The number of nitrogens with zero attached hydrogens (tertiary/aromatic N) is 1. The van der Waals surface area contributed by atoms with Crippen LogP contribution in [0.1, 0.15) is 23.2 Å². The molecule has 0 bridgehead atoms. The summed E-state index contributed by atoms with van der Waals surface area (Å²) in [4.78, 5) is 16.5. The summed E-state index contributed by atoms with van der Waals surface area (Å²) in [5.74, 6) is 2.03. The average Bonchev–Trinajstić information content (AvgIpc) is 3.44. The smallest absolute Gasteiger partial charge is 0.255 e. The molecular weight excluding hydrogens is 308 g/mol. The lowest BCUT2D eigenvalue weighted by molar-refractivity contribution is 0.102. The van der Waals surface area contributed by atoms with Gasteiger partial charge in [0.25, 0.3) is 5.91 Å². The van der Waals surface area contributed by atoms with E-state index < -0.39 is 0 Å². The molecule has 3 rings (SSSR count). The molecule has 0 unspecified atom stereocenters. The summed E-state index contributed by atoms with van der Waals surface area (Å²) in [6.07, 6.45) is 3.99. The van der Waals surface area contributed by atoms with Crippen LogP contribution >= 0.6 is 0 Å². The van der Waals surface area contributed by atoms with Gasteiger partial charge in [0.2, 0.25) is 5.88 Å². The van der Waals surface area contributed by atoms with Crippen molar-refractivity contribution in [3.63, 3.8) is 0 Å². The van der Waals surface area contributed by atoms with E-state index in [9.17, 15) is 4.79 Å². The van der Waals surface area contributed by atoms with Gasteiger partial charge in [-0.1, -0.05) is 0 Å². The number of hydrogen-bond donors (Lipinski definition) is 1. The summed E-state index contributed by atoms with van der Waals surface area (Å²) in [7, 11) is 3.12. The number of benzene rings is 1. The van der Waals surface area contributed by atoms with E-state index in [4.69, 9.17) is 14.2 Å². The molecule has 24 heavy (non-hydrogen) atoms. The molecule has 0 atom stereocenters. The van der Waals surface area contributed by atoms with Gasteiger partial charge >= 0.3 is 0 Å². The maximum absolute atomic E-state index is 12.4. The first-order chi connectivity index (χ1) is 11.7. The Hall–Kier alpha value is -2.76. The Labute approximate surface area is 140 Å². The quantitative estimate of drug-likeness (QED) is 0.845. The van der Waals surface area contributed by atoms with Crippen molar-refractivity contribution in [2.24, 2.45) is 5.92 Å². The lowest BCUT2D eigenvalue weighted by Crippen LogP contribution is -2.12. The third kappa shape index (κ3) is 3.95. The molecule has 1 aromatic heterocycles. The average molecular weight is 328 g/mol. The van der Waals surface area contributed by atoms with Crippen molar-refractivity contribution >= 4 is 11.6 Å². The van der Waals surface area contributed by atoms with Crippen LogP contribution in [-0.2, 0) is 0 Å². The van der Waals surface area contributed by atoms with Crippen LogP contribution in [0, 0.1) is 5.92 Å². The van der Waals surface area contributed by atoms with Gasteiger partial charge in [-0.05, 0) is 37.0 Å². The fourth-order valence-electron chi connectivity index (χ4n) is 2.23. The van der Waals surface area contributed by atoms with Crippen molar-refractivity contribution < 1.29 is 19.0 Å². The Balaban J connectivity index is 1.68. The zero-order valence-electron chi connectivity index (χ0n) is 13.7. The first-order valence-corrected chi connectivity index (χ1v) is 7.82. The van der Waals surface area contributed by atoms with Gasteiger partial charge in [0.15, 0.2) is 11.5 Å². The molecule has 2 aromatic rings. The van der Waals surface area contributed by atoms with E-state index in [0.29, 0.717) is 41.2 Å². The number of anilines is 1. The van der Waals surface area contributed by atoms with E-state index in [1.807, 2.05) is 0 Å². The zero-order valence-corrected chi connectivity index (χ0v) is 13.7. The Morgan fingerprint density at radius 2 is 1.96 bits per heavy atom. The lowest BCUT2D eigenvalue weighted by Gasteiger charge is -2.11. The molecule has 126 valence electrons. The van der Waals surface area contributed by atoms with Gasteiger partial charge < -0.3 is 19.5 Å². The standard InChI is InChI=1S/C18H20N2O4/c1-22-15-6-5-14(10-16(15)23-2)20-18(21)13-7-8-19-17(9-13)24-11-12-3-4-12/h5-10,12H,3-4,11H2,1-2H3,(H,20,21). The minimum atomic E-state index is -0.235. The van der Waals surface area contributed by atoms with Gasteiger partial charge in [-0.2, -0.15) is 0 Å². The molecule has 1 aromatic carbocycles. The summed E-state index contributed by atoms with van der Waals surface area (Å²) >= 11 is 0. The molecule has 1 N–H and O–H groups in total. The Bertz CT molecular complexity index is 729. The van der Waals surface area contributed by atoms with Crippen molar-refractivity contribution in [3.05, 3.63) is 42.1 Å². The third-order valence-corrected chi connectivity index (χ3v) is 3.80. The van der Waals surface area contributed by atoms with Crippen LogP contribution < -0.4 is 19.5 Å². The Morgan fingerprint density at radius 3 is 2.67 bits per heavy atom. The van der Waals surface area contributed by atoms with Crippen LogP contribution in [0.4, 0.5) is 5.69 Å². The summed E-state index contributed by atoms with van der Waals surface area (Å²) in [5, 5.41) is 2.83. The SMILES string of the molecule is COc1ccc(NC(=O)c2ccnc(OCC3CC3)c2)cc1OC. The van der Waals surface area contributed by atoms with Crippen LogP contribution in [0.15, 0.2) is 36.5 Å². The van der Waals surface area contributed by atoms with Crippen LogP contribution in [0.25, 0.3) is 0 Å². The highest BCUT2D eigenvalue weighted by molar-refractivity contribution is 6.04. The van der Waals surface area contributed by atoms with Crippen LogP contribution in [0.5, 0.6) is 17.4 Å². The molecule has 6 nitrogen and oxygen atoms in total. The summed E-state index contributed by atoms with van der Waals surface area (Å²) < 4.78 is 16.0. The van der Waals surface area contributed by atoms with E-state index in [1.54, 1.807) is 50.7 Å². The van der Waals surface area contributed by atoms with Crippen molar-refractivity contribution in [2.75, 3.05) is 26.1 Å². The molecule has 1 aliphatic carbocycles. The van der Waals surface area contributed by atoms with Gasteiger partial charge in [0.1, 0.15) is 0 Å². The predicted octanol–water partition coefficient (Wildman–Crippen LogP) is 3.14. The van der Waals surface area contributed by atoms with Crippen molar-refractivity contribution in [3.8, 4) is 17.4 Å². The first-order valence-electron chi connectivity index (χ1n) is 7.82. The highest BCUT2D eigenvalue weighted by Crippen LogP contribution is 2.30. The second kappa shape index (κ2) is 7.21. The number of rotatable bonds is 7. The number of carbonyl (C=O) groups is 1. The van der Waals surface area contributed by atoms with Crippen LogP contribution in [0.3, 0.4) is 0 Å². The van der Waals surface area contributed by atoms with E-state index in [2.05, 4.69) is 10.3 Å². The lowest BCUT2D eigenvalue weighted by atomic mass is 10.2. The highest BCUT2D eigenvalue weighted by atomic mass is 16.5. The van der Waals surface area contributed by atoms with Crippen LogP contribution in [0.2, 0.25) is 0 Å². The van der Waals surface area contributed by atoms with Crippen molar-refractivity contribution in [1.29, 1.82) is 0 Å². The fourth-order valence-corrected chi connectivity index (χ4v) is 2.23. The zero-order chi connectivity index (χ0) is 16.9. The molecule has 1 aliphatic rings. The Kier molecular flexibility index (Phi) is 4.84. The molecule has 6 heteroatoms. The number of pyridine rings is 1. The number of ether oxygens (including phenoxy) is 3. The number of carbonyl (C=O) groups excluding carboxylic acids is 1. The largest absolute Gasteiger partial charge is 0.493 e. The minimum Gasteiger partial charge on any atom is -0.493 e. The normalized spacial score (nSPS) is 13.2. The van der Waals surface area contributed by atoms with Gasteiger partial charge in [-0.15, -0.1) is 0 Å². The summed E-state index contributed by atoms with van der Waals surface area (Å²) in [6.45, 7) is 0.660. The van der Waals surface area contributed by atoms with Gasteiger partial charge in [0.05, 0.1) is 20.8 Å². The maximum Gasteiger partial charge on any atom is 0.255 e. The molecule has 1 heterocycles. The third-order valence-electron chi connectivity index (χ3n) is 3.80. The molecule has 0 aliphatic heterocycles. The molecule has 0 saturated heterocycles. The molecule has 0 spiro atoms. The fraction of sp³-hybridized carbons (Fsp3) is 0.333. The second-order valence-electron chi connectivity index (χ2n) is 5.66. The Morgan fingerprint density at radius 1 is 1.17 bits per heavy atom. The van der Waals surface area contributed by atoms with Crippen molar-refractivity contribution in [2.45, 2.75) is 12.8 Å². The number of nitrogens with one attached hydrogen (secondary N) is 1. The van der Waals surface area contributed by atoms with Crippen molar-refractivity contribution in [1.82, 2.24) is 4.98 Å². The maximum atomic E-state index is 12.4. The van der Waals surface area contributed by atoms with Gasteiger partial charge in [-0.25, -0.2) is 4.98 Å². The second-order valence-corrected chi connectivity index (χ2v) is 5.66. The monoisotopic (exact) mass is 328 g/mol. The highest BCUT2D eigenvalue weighted by Gasteiger charge is 2.22. The molecule has 1 amide bonds. The number of hydrogen-bond acceptors (Lipinski definition) is 5. The minimum absolute atomic E-state index is 0.235. The summed E-state index contributed by atoms with van der Waals surface area (Å²) in [5.41, 5.74) is 1.11. The van der Waals surface area contributed by atoms with Gasteiger partial charge in [-0.3, -0.25) is 4.79 Å². The predicted molar refractivity (Wildman–Crippen MR) is 90.0 cm³/mol. The first kappa shape index (κ1) is 16.1. The van der Waals surface area contributed by atoms with E-state index in [0.717, 1.165) is 0 Å². The number of methoxy groups -OCH3 is 2. The molecular formula is C18H20N2O4.